The molecule has 1 amide bonds. The van der Waals surface area contributed by atoms with Crippen LogP contribution in [-0.2, 0) is 6.54 Å². The minimum Gasteiger partial charge on any atom is -0.350 e. The third-order valence-electron chi connectivity index (χ3n) is 4.90. The van der Waals surface area contributed by atoms with Crippen molar-refractivity contribution in [2.75, 3.05) is 6.54 Å². The minimum atomic E-state index is -0.0543. The van der Waals surface area contributed by atoms with Gasteiger partial charge in [-0.05, 0) is 38.1 Å². The molecule has 0 aliphatic carbocycles. The maximum absolute atomic E-state index is 12.4. The molecule has 0 radical (unpaired) electrons. The molecule has 1 heterocycles. The Hall–Kier alpha value is -3.40. The van der Waals surface area contributed by atoms with Crippen molar-refractivity contribution in [3.8, 4) is 11.4 Å². The number of aryl methyl sites for hydroxylation is 2. The van der Waals surface area contributed by atoms with Crippen molar-refractivity contribution in [2.24, 2.45) is 0 Å². The van der Waals surface area contributed by atoms with Gasteiger partial charge in [-0.3, -0.25) is 4.79 Å². The van der Waals surface area contributed by atoms with Crippen molar-refractivity contribution in [2.45, 2.75) is 20.4 Å². The van der Waals surface area contributed by atoms with Gasteiger partial charge >= 0.3 is 0 Å². The molecule has 4 aromatic rings. The van der Waals surface area contributed by atoms with Crippen molar-refractivity contribution < 1.29 is 4.79 Å². The standard InChI is InChI=1S/C24H23N3O/c1-17-7-11-19(12-8-17)23-26-21-5-3-4-6-22(21)27(23)16-15-25-24(28)20-13-9-18(2)10-14-20/h3-14H,15-16H2,1-2H3,(H,25,28). The maximum atomic E-state index is 12.4. The highest BCUT2D eigenvalue weighted by molar-refractivity contribution is 5.94. The quantitative estimate of drug-likeness (QED) is 0.552. The van der Waals surface area contributed by atoms with E-state index in [1.165, 1.54) is 5.56 Å². The molecule has 0 fully saturated rings. The van der Waals surface area contributed by atoms with E-state index in [1.54, 1.807) is 0 Å². The van der Waals surface area contributed by atoms with Gasteiger partial charge in [-0.1, -0.05) is 59.7 Å². The van der Waals surface area contributed by atoms with Crippen LogP contribution in [0.4, 0.5) is 0 Å². The van der Waals surface area contributed by atoms with Crippen LogP contribution in [0.2, 0.25) is 0 Å². The number of benzene rings is 3. The average molecular weight is 369 g/mol. The maximum Gasteiger partial charge on any atom is 0.251 e. The summed E-state index contributed by atoms with van der Waals surface area (Å²) in [6.45, 7) is 5.28. The van der Waals surface area contributed by atoms with Gasteiger partial charge in [-0.15, -0.1) is 0 Å². The van der Waals surface area contributed by atoms with Crippen LogP contribution < -0.4 is 5.32 Å². The van der Waals surface area contributed by atoms with Gasteiger partial charge in [0.15, 0.2) is 0 Å². The van der Waals surface area contributed by atoms with Crippen LogP contribution in [0.1, 0.15) is 21.5 Å². The molecule has 4 nitrogen and oxygen atoms in total. The molecule has 0 aliphatic rings. The normalized spacial score (nSPS) is 10.9. The van der Waals surface area contributed by atoms with Crippen LogP contribution >= 0.6 is 0 Å². The van der Waals surface area contributed by atoms with E-state index in [0.717, 1.165) is 28.0 Å². The van der Waals surface area contributed by atoms with Gasteiger partial charge < -0.3 is 9.88 Å². The molecule has 4 heteroatoms. The van der Waals surface area contributed by atoms with Gasteiger partial charge in [0, 0.05) is 24.2 Å². The third kappa shape index (κ3) is 3.67. The molecule has 1 N–H and O–H groups in total. The lowest BCUT2D eigenvalue weighted by molar-refractivity contribution is 0.0952. The summed E-state index contributed by atoms with van der Waals surface area (Å²) in [5.74, 6) is 0.868. The van der Waals surface area contributed by atoms with Gasteiger partial charge in [0.2, 0.25) is 0 Å². The summed E-state index contributed by atoms with van der Waals surface area (Å²) in [5, 5.41) is 3.02. The Balaban J connectivity index is 1.57. The molecular weight excluding hydrogens is 346 g/mol. The van der Waals surface area contributed by atoms with E-state index in [4.69, 9.17) is 4.98 Å². The van der Waals surface area contributed by atoms with E-state index in [-0.39, 0.29) is 5.91 Å². The average Bonchev–Trinajstić information content (AvgIpc) is 3.08. The molecule has 0 bridgehead atoms. The lowest BCUT2D eigenvalue weighted by Gasteiger charge is -2.11. The SMILES string of the molecule is Cc1ccc(C(=O)NCCn2c(-c3ccc(C)cc3)nc3ccccc32)cc1. The molecule has 0 atom stereocenters. The molecule has 0 spiro atoms. The van der Waals surface area contributed by atoms with E-state index < -0.39 is 0 Å². The number of hydrogen-bond donors (Lipinski definition) is 1. The summed E-state index contributed by atoms with van der Waals surface area (Å²) < 4.78 is 2.18. The lowest BCUT2D eigenvalue weighted by atomic mass is 10.1. The summed E-state index contributed by atoms with van der Waals surface area (Å²) in [5.41, 5.74) is 6.15. The Morgan fingerprint density at radius 1 is 0.893 bits per heavy atom. The van der Waals surface area contributed by atoms with Crippen LogP contribution in [0.15, 0.2) is 72.8 Å². The van der Waals surface area contributed by atoms with E-state index in [9.17, 15) is 4.79 Å². The van der Waals surface area contributed by atoms with Gasteiger partial charge in [0.25, 0.3) is 5.91 Å². The molecule has 28 heavy (non-hydrogen) atoms. The van der Waals surface area contributed by atoms with Crippen molar-refractivity contribution in [3.05, 3.63) is 89.5 Å². The molecule has 0 aliphatic heterocycles. The highest BCUT2D eigenvalue weighted by Crippen LogP contribution is 2.25. The van der Waals surface area contributed by atoms with Crippen LogP contribution in [0.5, 0.6) is 0 Å². The first-order chi connectivity index (χ1) is 13.6. The fourth-order valence-electron chi connectivity index (χ4n) is 3.31. The van der Waals surface area contributed by atoms with E-state index in [0.29, 0.717) is 18.7 Å². The first kappa shape index (κ1) is 18.0. The van der Waals surface area contributed by atoms with Crippen molar-refractivity contribution in [3.63, 3.8) is 0 Å². The monoisotopic (exact) mass is 369 g/mol. The first-order valence-corrected chi connectivity index (χ1v) is 9.49. The predicted octanol–water partition coefficient (Wildman–Crippen LogP) is 4.75. The molecule has 0 saturated carbocycles. The van der Waals surface area contributed by atoms with Crippen LogP contribution in [-0.4, -0.2) is 22.0 Å². The zero-order chi connectivity index (χ0) is 19.5. The number of imidazole rings is 1. The predicted molar refractivity (Wildman–Crippen MR) is 113 cm³/mol. The second-order valence-electron chi connectivity index (χ2n) is 7.06. The van der Waals surface area contributed by atoms with Crippen LogP contribution in [0.3, 0.4) is 0 Å². The number of nitrogens with one attached hydrogen (secondary N) is 1. The molecule has 0 unspecified atom stereocenters. The minimum absolute atomic E-state index is 0.0543. The summed E-state index contributed by atoms with van der Waals surface area (Å²) in [7, 11) is 0. The van der Waals surface area contributed by atoms with Crippen LogP contribution in [0, 0.1) is 13.8 Å². The van der Waals surface area contributed by atoms with E-state index >= 15 is 0 Å². The smallest absolute Gasteiger partial charge is 0.251 e. The Morgan fingerprint density at radius 3 is 2.25 bits per heavy atom. The number of carbonyl (C=O) groups excluding carboxylic acids is 1. The highest BCUT2D eigenvalue weighted by Gasteiger charge is 2.13. The van der Waals surface area contributed by atoms with Gasteiger partial charge in [-0.2, -0.15) is 0 Å². The Kier molecular flexibility index (Phi) is 4.94. The number of amides is 1. The summed E-state index contributed by atoms with van der Waals surface area (Å²) in [4.78, 5) is 17.2. The lowest BCUT2D eigenvalue weighted by Crippen LogP contribution is -2.27. The Bertz CT molecular complexity index is 1110. The number of fused-ring (bicyclic) bond motifs is 1. The largest absolute Gasteiger partial charge is 0.350 e. The summed E-state index contributed by atoms with van der Waals surface area (Å²) in [6, 6.07) is 24.1. The van der Waals surface area contributed by atoms with Gasteiger partial charge in [0.1, 0.15) is 5.82 Å². The molecule has 0 saturated heterocycles. The van der Waals surface area contributed by atoms with Gasteiger partial charge in [0.05, 0.1) is 11.0 Å². The fourth-order valence-corrected chi connectivity index (χ4v) is 3.31. The van der Waals surface area contributed by atoms with Crippen molar-refractivity contribution in [1.82, 2.24) is 14.9 Å². The number of rotatable bonds is 5. The second kappa shape index (κ2) is 7.69. The number of hydrogen-bond acceptors (Lipinski definition) is 2. The van der Waals surface area contributed by atoms with Gasteiger partial charge in [-0.25, -0.2) is 4.98 Å². The Morgan fingerprint density at radius 2 is 1.54 bits per heavy atom. The van der Waals surface area contributed by atoms with Crippen molar-refractivity contribution >= 4 is 16.9 Å². The van der Waals surface area contributed by atoms with Crippen LogP contribution in [0.25, 0.3) is 22.4 Å². The van der Waals surface area contributed by atoms with Crippen molar-refractivity contribution in [1.29, 1.82) is 0 Å². The third-order valence-corrected chi connectivity index (χ3v) is 4.90. The number of para-hydroxylation sites is 2. The molecule has 1 aromatic heterocycles. The number of nitrogens with zero attached hydrogens (tertiary/aromatic N) is 2. The zero-order valence-corrected chi connectivity index (χ0v) is 16.1. The topological polar surface area (TPSA) is 46.9 Å². The molecular formula is C24H23N3O. The number of aromatic nitrogens is 2. The van der Waals surface area contributed by atoms with E-state index in [1.807, 2.05) is 49.4 Å². The molecule has 3 aromatic carbocycles. The Labute approximate surface area is 164 Å². The highest BCUT2D eigenvalue weighted by atomic mass is 16.1. The molecule has 4 rings (SSSR count). The first-order valence-electron chi connectivity index (χ1n) is 9.49. The summed E-state index contributed by atoms with van der Waals surface area (Å²) in [6.07, 6.45) is 0. The van der Waals surface area contributed by atoms with E-state index in [2.05, 4.69) is 47.1 Å². The number of carbonyl (C=O) groups is 1. The second-order valence-corrected chi connectivity index (χ2v) is 7.06. The fraction of sp³-hybridized carbons (Fsp3) is 0.167. The zero-order valence-electron chi connectivity index (χ0n) is 16.1. The summed E-state index contributed by atoms with van der Waals surface area (Å²) >= 11 is 0. The molecule has 140 valence electrons.